The van der Waals surface area contributed by atoms with Crippen LogP contribution in [-0.2, 0) is 0 Å². The number of aliphatic hydroxyl groups is 1. The quantitative estimate of drug-likeness (QED) is 0.635. The van der Waals surface area contributed by atoms with Gasteiger partial charge in [0, 0.05) is 30.9 Å². The first-order valence-corrected chi connectivity index (χ1v) is 9.25. The van der Waals surface area contributed by atoms with Gasteiger partial charge in [0.2, 0.25) is 0 Å². The average molecular weight is 328 g/mol. The fourth-order valence-corrected chi connectivity index (χ4v) is 5.59. The molecule has 5 heteroatoms. The molecule has 3 saturated heterocycles. The van der Waals surface area contributed by atoms with Crippen molar-refractivity contribution >= 4 is 5.91 Å². The fourth-order valence-electron chi connectivity index (χ4n) is 5.59. The Morgan fingerprint density at radius 3 is 2.71 bits per heavy atom. The summed E-state index contributed by atoms with van der Waals surface area (Å²) in [4.78, 5) is 15.2. The summed E-state index contributed by atoms with van der Waals surface area (Å²) in [5.74, 6) is 0.872. The Balaban J connectivity index is 1.53. The smallest absolute Gasteiger partial charge is 0.254 e. The van der Waals surface area contributed by atoms with Gasteiger partial charge in [-0.25, -0.2) is 0 Å². The zero-order valence-electron chi connectivity index (χ0n) is 13.9. The Morgan fingerprint density at radius 1 is 1.17 bits per heavy atom. The number of amides is 1. The largest absolute Gasteiger partial charge is 0.633 e. The Bertz CT molecular complexity index is 696. The van der Waals surface area contributed by atoms with Gasteiger partial charge in [-0.05, 0) is 36.0 Å². The standard InChI is InChI=1S/C19H24N2O3/c22-17-5-4-13-10-20(16-11-21(24)8-6-12(16)7-9-21)19(23)15-3-1-2-14(17)18(13)15/h1-3,12-13,16-17,22H,4-11H2/t12?,13-,16?,17-,21?/m1/s1. The van der Waals surface area contributed by atoms with Crippen LogP contribution in [0, 0.1) is 11.1 Å². The summed E-state index contributed by atoms with van der Waals surface area (Å²) < 4.78 is -0.110. The molecule has 1 N–H and O–H groups in total. The van der Waals surface area contributed by atoms with Crippen LogP contribution in [0.2, 0.25) is 0 Å². The molecule has 4 heterocycles. The van der Waals surface area contributed by atoms with Gasteiger partial charge in [-0.15, -0.1) is 0 Å². The molecule has 0 saturated carbocycles. The van der Waals surface area contributed by atoms with Crippen molar-refractivity contribution in [3.63, 3.8) is 0 Å². The Hall–Kier alpha value is -1.43. The number of piperidine rings is 3. The Labute approximate surface area is 142 Å². The number of hydrogen-bond acceptors (Lipinski definition) is 3. The number of carbonyl (C=O) groups is 1. The summed E-state index contributed by atoms with van der Waals surface area (Å²) in [6.07, 6.45) is 3.15. The van der Waals surface area contributed by atoms with Crippen molar-refractivity contribution in [3.05, 3.63) is 40.1 Å². The molecule has 5 nitrogen and oxygen atoms in total. The third-order valence-electron chi connectivity index (χ3n) is 6.88. The Morgan fingerprint density at radius 2 is 1.96 bits per heavy atom. The molecule has 1 aromatic carbocycles. The van der Waals surface area contributed by atoms with E-state index in [9.17, 15) is 15.1 Å². The maximum absolute atomic E-state index is 13.2. The molecule has 3 fully saturated rings. The van der Waals surface area contributed by atoms with Crippen molar-refractivity contribution in [1.29, 1.82) is 0 Å². The molecule has 1 aromatic rings. The molecule has 5 aliphatic rings. The van der Waals surface area contributed by atoms with Gasteiger partial charge < -0.3 is 19.9 Å². The van der Waals surface area contributed by atoms with Gasteiger partial charge in [0.25, 0.3) is 5.91 Å². The van der Waals surface area contributed by atoms with Crippen molar-refractivity contribution in [2.45, 2.75) is 43.7 Å². The summed E-state index contributed by atoms with van der Waals surface area (Å²) in [7, 11) is 0. The molecular formula is C19H24N2O3. The molecule has 6 rings (SSSR count). The monoisotopic (exact) mass is 328 g/mol. The summed E-state index contributed by atoms with van der Waals surface area (Å²) in [6.45, 7) is 2.73. The zero-order chi connectivity index (χ0) is 16.5. The van der Waals surface area contributed by atoms with E-state index in [1.807, 2.05) is 23.1 Å². The number of fused-ring (bicyclic) bond motifs is 3. The molecule has 2 bridgehead atoms. The van der Waals surface area contributed by atoms with E-state index in [0.717, 1.165) is 62.0 Å². The first-order chi connectivity index (χ1) is 11.6. The molecule has 0 radical (unpaired) electrons. The van der Waals surface area contributed by atoms with Gasteiger partial charge in [0.05, 0.1) is 31.8 Å². The second kappa shape index (κ2) is 5.04. The molecular weight excluding hydrogens is 304 g/mol. The summed E-state index contributed by atoms with van der Waals surface area (Å²) >= 11 is 0. The van der Waals surface area contributed by atoms with E-state index in [-0.39, 0.29) is 16.6 Å². The maximum Gasteiger partial charge on any atom is 0.254 e. The molecule has 0 spiro atoms. The zero-order valence-corrected chi connectivity index (χ0v) is 13.9. The van der Waals surface area contributed by atoms with E-state index >= 15 is 0 Å². The van der Waals surface area contributed by atoms with Crippen molar-refractivity contribution in [2.75, 3.05) is 26.2 Å². The molecule has 1 aliphatic carbocycles. The second-order valence-corrected chi connectivity index (χ2v) is 8.15. The van der Waals surface area contributed by atoms with Crippen LogP contribution in [0.4, 0.5) is 0 Å². The van der Waals surface area contributed by atoms with E-state index in [2.05, 4.69) is 0 Å². The van der Waals surface area contributed by atoms with Crippen LogP contribution in [-0.4, -0.2) is 52.8 Å². The van der Waals surface area contributed by atoms with Gasteiger partial charge in [-0.2, -0.15) is 0 Å². The number of rotatable bonds is 1. The highest BCUT2D eigenvalue weighted by molar-refractivity contribution is 5.98. The molecule has 128 valence electrons. The highest BCUT2D eigenvalue weighted by Gasteiger charge is 2.48. The van der Waals surface area contributed by atoms with Crippen LogP contribution in [0.1, 0.15) is 59.2 Å². The predicted molar refractivity (Wildman–Crippen MR) is 89.2 cm³/mol. The van der Waals surface area contributed by atoms with Gasteiger partial charge >= 0.3 is 0 Å². The minimum absolute atomic E-state index is 0.0718. The third kappa shape index (κ3) is 2.01. The van der Waals surface area contributed by atoms with Crippen LogP contribution < -0.4 is 0 Å². The lowest BCUT2D eigenvalue weighted by Crippen LogP contribution is -2.66. The lowest BCUT2D eigenvalue weighted by atomic mass is 9.74. The van der Waals surface area contributed by atoms with E-state index in [1.54, 1.807) is 0 Å². The van der Waals surface area contributed by atoms with Crippen LogP contribution in [0.5, 0.6) is 0 Å². The molecule has 0 aromatic heterocycles. The molecule has 3 atom stereocenters. The lowest BCUT2D eigenvalue weighted by Gasteiger charge is -2.58. The van der Waals surface area contributed by atoms with E-state index in [1.165, 1.54) is 0 Å². The predicted octanol–water partition coefficient (Wildman–Crippen LogP) is 2.16. The first-order valence-electron chi connectivity index (χ1n) is 9.25. The maximum atomic E-state index is 13.2. The lowest BCUT2D eigenvalue weighted by molar-refractivity contribution is -0.899. The van der Waals surface area contributed by atoms with E-state index < -0.39 is 6.10 Å². The molecule has 1 amide bonds. The van der Waals surface area contributed by atoms with Crippen LogP contribution in [0.15, 0.2) is 18.2 Å². The highest BCUT2D eigenvalue weighted by atomic mass is 16.5. The van der Waals surface area contributed by atoms with E-state index in [4.69, 9.17) is 0 Å². The van der Waals surface area contributed by atoms with Crippen molar-refractivity contribution in [1.82, 2.24) is 4.90 Å². The van der Waals surface area contributed by atoms with Gasteiger partial charge in [-0.3, -0.25) is 4.79 Å². The Kier molecular flexibility index (Phi) is 3.12. The number of carbonyl (C=O) groups excluding carboxylic acids is 1. The van der Waals surface area contributed by atoms with Crippen LogP contribution >= 0.6 is 0 Å². The van der Waals surface area contributed by atoms with Crippen molar-refractivity contribution in [2.24, 2.45) is 5.92 Å². The topological polar surface area (TPSA) is 63.6 Å². The second-order valence-electron chi connectivity index (χ2n) is 8.15. The van der Waals surface area contributed by atoms with Gasteiger partial charge in [0.15, 0.2) is 0 Å². The fraction of sp³-hybridized carbons (Fsp3) is 0.632. The number of hydroxylamine groups is 3. The SMILES string of the molecule is O=C1c2cccc3c2[C@H](CC[C@H]3O)CN1C1C[N+]2([O-])CCC1CC2. The summed E-state index contributed by atoms with van der Waals surface area (Å²) in [6, 6.07) is 5.85. The van der Waals surface area contributed by atoms with Crippen LogP contribution in [0.3, 0.4) is 0 Å². The normalized spacial score (nSPS) is 40.6. The van der Waals surface area contributed by atoms with E-state index in [0.29, 0.717) is 18.4 Å². The number of nitrogens with zero attached hydrogens (tertiary/aromatic N) is 2. The molecule has 24 heavy (non-hydrogen) atoms. The van der Waals surface area contributed by atoms with Gasteiger partial charge in [0.1, 0.15) is 0 Å². The van der Waals surface area contributed by atoms with Crippen molar-refractivity contribution < 1.29 is 14.5 Å². The number of aliphatic hydroxyl groups excluding tert-OH is 1. The number of hydrogen-bond donors (Lipinski definition) is 1. The minimum atomic E-state index is -0.442. The van der Waals surface area contributed by atoms with Crippen LogP contribution in [0.25, 0.3) is 0 Å². The van der Waals surface area contributed by atoms with Crippen molar-refractivity contribution in [3.8, 4) is 0 Å². The highest BCUT2D eigenvalue weighted by Crippen LogP contribution is 2.45. The number of benzene rings is 1. The minimum Gasteiger partial charge on any atom is -0.633 e. The molecule has 1 unspecified atom stereocenters. The van der Waals surface area contributed by atoms with Gasteiger partial charge in [-0.1, -0.05) is 12.1 Å². The summed E-state index contributed by atoms with van der Waals surface area (Å²) in [5, 5.41) is 23.0. The third-order valence-corrected chi connectivity index (χ3v) is 6.88. The first kappa shape index (κ1) is 14.9. The average Bonchev–Trinajstić information content (AvgIpc) is 2.60. The molecule has 4 aliphatic heterocycles. The summed E-state index contributed by atoms with van der Waals surface area (Å²) in [5.41, 5.74) is 2.78. The number of quaternary nitrogens is 1.